The molecule has 5 heteroatoms. The quantitative estimate of drug-likeness (QED) is 0.346. The molecule has 0 aliphatic rings. The number of hydrogen-bond donors (Lipinski definition) is 1. The molecule has 0 saturated heterocycles. The van der Waals surface area contributed by atoms with Crippen LogP contribution in [0.2, 0.25) is 0 Å². The summed E-state index contributed by atoms with van der Waals surface area (Å²) in [6.45, 7) is 5.64. The molecule has 0 aliphatic carbocycles. The van der Waals surface area contributed by atoms with Gasteiger partial charge in [-0.2, -0.15) is 11.8 Å². The molecule has 19 heavy (non-hydrogen) atoms. The van der Waals surface area contributed by atoms with Gasteiger partial charge in [0.2, 0.25) is 0 Å². The number of likely N-dealkylation sites (N-methyl/N-ethyl adjacent to an activating group) is 1. The van der Waals surface area contributed by atoms with Crippen LogP contribution in [0.25, 0.3) is 0 Å². The van der Waals surface area contributed by atoms with E-state index in [0.29, 0.717) is 0 Å². The van der Waals surface area contributed by atoms with Crippen molar-refractivity contribution in [1.82, 2.24) is 10.2 Å². The first kappa shape index (κ1) is 16.1. The molecule has 0 spiro atoms. The van der Waals surface area contributed by atoms with E-state index in [9.17, 15) is 0 Å². The molecular weight excluding hydrogens is 274 g/mol. The zero-order valence-corrected chi connectivity index (χ0v) is 13.4. The van der Waals surface area contributed by atoms with Gasteiger partial charge in [-0.3, -0.25) is 4.99 Å². The molecule has 0 amide bonds. The van der Waals surface area contributed by atoms with Crippen LogP contribution in [0.15, 0.2) is 35.2 Å². The normalized spacial score (nSPS) is 11.4. The Balaban J connectivity index is 2.23. The molecular formula is C14H23N3S2. The van der Waals surface area contributed by atoms with Gasteiger partial charge in [-0.15, -0.1) is 17.9 Å². The highest BCUT2D eigenvalue weighted by Gasteiger charge is 2.05. The molecule has 1 aromatic heterocycles. The Morgan fingerprint density at radius 3 is 3.11 bits per heavy atom. The fourth-order valence-electron chi connectivity index (χ4n) is 1.63. The van der Waals surface area contributed by atoms with Gasteiger partial charge in [-0.05, 0) is 17.9 Å². The fraction of sp³-hybridized carbons (Fsp3) is 0.500. The molecule has 0 unspecified atom stereocenters. The molecule has 1 heterocycles. The van der Waals surface area contributed by atoms with Crippen molar-refractivity contribution in [2.45, 2.75) is 6.42 Å². The van der Waals surface area contributed by atoms with Crippen molar-refractivity contribution in [2.24, 2.45) is 4.99 Å². The molecule has 1 aromatic rings. The number of nitrogens with one attached hydrogen (secondary N) is 1. The van der Waals surface area contributed by atoms with E-state index in [4.69, 9.17) is 0 Å². The number of hydrogen-bond acceptors (Lipinski definition) is 3. The van der Waals surface area contributed by atoms with Gasteiger partial charge in [0.05, 0.1) is 0 Å². The third-order valence-corrected chi connectivity index (χ3v) is 4.51. The summed E-state index contributed by atoms with van der Waals surface area (Å²) in [4.78, 5) is 7.91. The summed E-state index contributed by atoms with van der Waals surface area (Å²) in [5.41, 5.74) is 0. The second kappa shape index (κ2) is 9.92. The van der Waals surface area contributed by atoms with Gasteiger partial charge in [-0.25, -0.2) is 0 Å². The molecule has 0 bridgehead atoms. The molecule has 0 aromatic carbocycles. The minimum absolute atomic E-state index is 0.939. The van der Waals surface area contributed by atoms with Crippen LogP contribution in [0.5, 0.6) is 0 Å². The van der Waals surface area contributed by atoms with Crippen LogP contribution in [0.4, 0.5) is 0 Å². The smallest absolute Gasteiger partial charge is 0.193 e. The van der Waals surface area contributed by atoms with E-state index in [2.05, 4.69) is 46.3 Å². The predicted molar refractivity (Wildman–Crippen MR) is 89.5 cm³/mol. The van der Waals surface area contributed by atoms with Gasteiger partial charge >= 0.3 is 0 Å². The topological polar surface area (TPSA) is 27.6 Å². The maximum atomic E-state index is 4.31. The van der Waals surface area contributed by atoms with E-state index >= 15 is 0 Å². The number of aliphatic imine (C=N–C) groups is 1. The largest absolute Gasteiger partial charge is 0.355 e. The molecule has 0 aliphatic heterocycles. The summed E-state index contributed by atoms with van der Waals surface area (Å²) in [6.07, 6.45) is 3.01. The number of thiophene rings is 1. The third-order valence-electron chi connectivity index (χ3n) is 2.61. The van der Waals surface area contributed by atoms with Gasteiger partial charge in [0.15, 0.2) is 5.96 Å². The number of rotatable bonds is 8. The van der Waals surface area contributed by atoms with Crippen LogP contribution in [0.3, 0.4) is 0 Å². The molecule has 106 valence electrons. The maximum absolute atomic E-state index is 4.31. The Morgan fingerprint density at radius 1 is 1.63 bits per heavy atom. The van der Waals surface area contributed by atoms with Crippen LogP contribution in [0, 0.1) is 0 Å². The van der Waals surface area contributed by atoms with Crippen LogP contribution < -0.4 is 5.32 Å². The van der Waals surface area contributed by atoms with Gasteiger partial charge in [-0.1, -0.05) is 12.1 Å². The van der Waals surface area contributed by atoms with E-state index in [1.165, 1.54) is 4.88 Å². The lowest BCUT2D eigenvalue weighted by molar-refractivity contribution is 0.489. The highest BCUT2D eigenvalue weighted by atomic mass is 32.2. The Kier molecular flexibility index (Phi) is 8.41. The first-order chi connectivity index (χ1) is 9.27. The first-order valence-electron chi connectivity index (χ1n) is 6.40. The van der Waals surface area contributed by atoms with E-state index in [-0.39, 0.29) is 0 Å². The average Bonchev–Trinajstić information content (AvgIpc) is 2.93. The van der Waals surface area contributed by atoms with E-state index in [0.717, 1.165) is 37.0 Å². The minimum Gasteiger partial charge on any atom is -0.355 e. The highest BCUT2D eigenvalue weighted by Crippen LogP contribution is 2.09. The second-order valence-corrected chi connectivity index (χ2v) is 6.27. The predicted octanol–water partition coefficient (Wildman–Crippen LogP) is 2.72. The fourth-order valence-corrected chi connectivity index (χ4v) is 2.90. The van der Waals surface area contributed by atoms with Gasteiger partial charge < -0.3 is 10.2 Å². The number of guanidine groups is 1. The van der Waals surface area contributed by atoms with Crippen molar-refractivity contribution >= 4 is 29.1 Å². The molecule has 1 rings (SSSR count). The molecule has 0 atom stereocenters. The van der Waals surface area contributed by atoms with E-state index in [1.807, 2.05) is 36.2 Å². The summed E-state index contributed by atoms with van der Waals surface area (Å²) >= 11 is 3.69. The Bertz CT molecular complexity index is 374. The SMILES string of the molecule is C=CCSCCNC(=NC)N(C)CCc1cccs1. The zero-order valence-electron chi connectivity index (χ0n) is 11.8. The van der Waals surface area contributed by atoms with Crippen molar-refractivity contribution < 1.29 is 0 Å². The summed E-state index contributed by atoms with van der Waals surface area (Å²) in [6, 6.07) is 4.28. The highest BCUT2D eigenvalue weighted by molar-refractivity contribution is 7.99. The molecule has 1 N–H and O–H groups in total. The van der Waals surface area contributed by atoms with Gasteiger partial charge in [0.1, 0.15) is 0 Å². The Labute approximate surface area is 124 Å². The number of thioether (sulfide) groups is 1. The lowest BCUT2D eigenvalue weighted by atomic mass is 10.3. The van der Waals surface area contributed by atoms with Gasteiger partial charge in [0, 0.05) is 43.6 Å². The summed E-state index contributed by atoms with van der Waals surface area (Å²) in [7, 11) is 3.92. The number of nitrogens with zero attached hydrogens (tertiary/aromatic N) is 2. The minimum atomic E-state index is 0.939. The van der Waals surface area contributed by atoms with Crippen LogP contribution in [-0.4, -0.2) is 49.6 Å². The van der Waals surface area contributed by atoms with Crippen molar-refractivity contribution in [2.75, 3.05) is 38.7 Å². The summed E-state index contributed by atoms with van der Waals surface area (Å²) in [5.74, 6) is 3.05. The lowest BCUT2D eigenvalue weighted by Crippen LogP contribution is -2.40. The third kappa shape index (κ3) is 6.68. The monoisotopic (exact) mass is 297 g/mol. The molecule has 0 saturated carbocycles. The molecule has 0 radical (unpaired) electrons. The van der Waals surface area contributed by atoms with E-state index in [1.54, 1.807) is 0 Å². The van der Waals surface area contributed by atoms with Crippen molar-refractivity contribution in [3.05, 3.63) is 35.0 Å². The van der Waals surface area contributed by atoms with Crippen molar-refractivity contribution in [3.8, 4) is 0 Å². The summed E-state index contributed by atoms with van der Waals surface area (Å²) in [5, 5.41) is 5.51. The van der Waals surface area contributed by atoms with Crippen molar-refractivity contribution in [1.29, 1.82) is 0 Å². The second-order valence-electron chi connectivity index (χ2n) is 4.09. The van der Waals surface area contributed by atoms with Crippen LogP contribution in [-0.2, 0) is 6.42 Å². The first-order valence-corrected chi connectivity index (χ1v) is 8.44. The standard InChI is InChI=1S/C14H23N3S2/c1-4-10-18-12-8-16-14(15-2)17(3)9-7-13-6-5-11-19-13/h4-6,11H,1,7-10,12H2,2-3H3,(H,15,16). The molecule has 0 fully saturated rings. The maximum Gasteiger partial charge on any atom is 0.193 e. The van der Waals surface area contributed by atoms with Crippen molar-refractivity contribution in [3.63, 3.8) is 0 Å². The Hall–Kier alpha value is -0.940. The summed E-state index contributed by atoms with van der Waals surface area (Å²) < 4.78 is 0. The Morgan fingerprint density at radius 2 is 2.47 bits per heavy atom. The zero-order chi connectivity index (χ0) is 13.9. The van der Waals surface area contributed by atoms with E-state index < -0.39 is 0 Å². The molecule has 3 nitrogen and oxygen atoms in total. The lowest BCUT2D eigenvalue weighted by Gasteiger charge is -2.21. The van der Waals surface area contributed by atoms with Crippen LogP contribution in [0.1, 0.15) is 4.88 Å². The van der Waals surface area contributed by atoms with Crippen LogP contribution >= 0.6 is 23.1 Å². The average molecular weight is 297 g/mol. The van der Waals surface area contributed by atoms with Gasteiger partial charge in [0.25, 0.3) is 0 Å².